The largest absolute Gasteiger partial charge is 0.494 e. The molecule has 0 atom stereocenters. The van der Waals surface area contributed by atoms with Crippen molar-refractivity contribution in [2.75, 3.05) is 0 Å². The molecule has 2 amide bonds. The number of hydrogen-bond donors (Lipinski definition) is 3. The van der Waals surface area contributed by atoms with E-state index in [0.717, 1.165) is 4.57 Å². The zero-order chi connectivity index (χ0) is 19.7. The molecule has 7 heteroatoms. The topological polar surface area (TPSA) is 114 Å². The molecule has 0 fully saturated rings. The van der Waals surface area contributed by atoms with Gasteiger partial charge < -0.3 is 16.2 Å². The van der Waals surface area contributed by atoms with E-state index in [9.17, 15) is 19.5 Å². The van der Waals surface area contributed by atoms with Gasteiger partial charge >= 0.3 is 6.03 Å². The Morgan fingerprint density at radius 3 is 2.30 bits per heavy atom. The maximum absolute atomic E-state index is 12.7. The quantitative estimate of drug-likeness (QED) is 0.617. The molecule has 0 aliphatic carbocycles. The smallest absolute Gasteiger partial charge is 0.326 e. The number of primary amides is 1. The highest BCUT2D eigenvalue weighted by atomic mass is 16.3. The summed E-state index contributed by atoms with van der Waals surface area (Å²) in [6.07, 6.45) is 0. The second-order valence-electron chi connectivity index (χ2n) is 6.43. The van der Waals surface area contributed by atoms with Crippen molar-refractivity contribution in [1.82, 2.24) is 9.88 Å². The molecule has 0 aliphatic heterocycles. The van der Waals surface area contributed by atoms with Gasteiger partial charge in [0, 0.05) is 22.6 Å². The lowest BCUT2D eigenvalue weighted by Crippen LogP contribution is -2.30. The number of ketones is 1. The van der Waals surface area contributed by atoms with Gasteiger partial charge in [-0.3, -0.25) is 9.59 Å². The van der Waals surface area contributed by atoms with Crippen LogP contribution in [-0.2, 0) is 0 Å². The van der Waals surface area contributed by atoms with Crippen LogP contribution in [0.4, 0.5) is 4.79 Å². The van der Waals surface area contributed by atoms with Crippen molar-refractivity contribution in [2.45, 2.75) is 19.9 Å². The molecule has 1 aromatic heterocycles. The Bertz CT molecular complexity index is 1050. The first-order chi connectivity index (χ1) is 12.8. The van der Waals surface area contributed by atoms with Crippen LogP contribution in [0.5, 0.6) is 5.88 Å². The van der Waals surface area contributed by atoms with Crippen molar-refractivity contribution in [3.63, 3.8) is 0 Å². The van der Waals surface area contributed by atoms with Crippen LogP contribution in [-0.4, -0.2) is 33.4 Å². The van der Waals surface area contributed by atoms with Crippen LogP contribution in [0.25, 0.3) is 10.9 Å². The lowest BCUT2D eigenvalue weighted by atomic mass is 10.0. The van der Waals surface area contributed by atoms with Gasteiger partial charge in [-0.2, -0.15) is 0 Å². The van der Waals surface area contributed by atoms with Crippen molar-refractivity contribution in [3.05, 3.63) is 65.2 Å². The molecule has 0 saturated heterocycles. The molecule has 0 bridgehead atoms. The Morgan fingerprint density at radius 1 is 1.04 bits per heavy atom. The van der Waals surface area contributed by atoms with Gasteiger partial charge in [0.2, 0.25) is 5.88 Å². The monoisotopic (exact) mass is 365 g/mol. The van der Waals surface area contributed by atoms with Crippen LogP contribution in [0.2, 0.25) is 0 Å². The van der Waals surface area contributed by atoms with Crippen LogP contribution in [0.15, 0.2) is 48.5 Å². The van der Waals surface area contributed by atoms with Crippen LogP contribution in [0.1, 0.15) is 40.1 Å². The number of aromatic hydroxyl groups is 1. The van der Waals surface area contributed by atoms with Crippen LogP contribution >= 0.6 is 0 Å². The van der Waals surface area contributed by atoms with Gasteiger partial charge in [0.1, 0.15) is 5.56 Å². The highest BCUT2D eigenvalue weighted by molar-refractivity contribution is 6.15. The minimum Gasteiger partial charge on any atom is -0.494 e. The van der Waals surface area contributed by atoms with Gasteiger partial charge in [-0.05, 0) is 19.9 Å². The molecular formula is C20H19N3O4. The van der Waals surface area contributed by atoms with Gasteiger partial charge in [0.05, 0.1) is 5.52 Å². The molecule has 0 unspecified atom stereocenters. The average Bonchev–Trinajstić information content (AvgIpc) is 2.92. The Morgan fingerprint density at radius 2 is 1.70 bits per heavy atom. The number of nitrogens with zero attached hydrogens (tertiary/aromatic N) is 1. The van der Waals surface area contributed by atoms with E-state index in [2.05, 4.69) is 5.32 Å². The molecule has 3 aromatic rings. The number of nitrogens with one attached hydrogen (secondary N) is 1. The Labute approximate surface area is 155 Å². The summed E-state index contributed by atoms with van der Waals surface area (Å²) in [6.45, 7) is 3.55. The number of carbonyl (C=O) groups is 3. The number of benzene rings is 2. The van der Waals surface area contributed by atoms with Crippen molar-refractivity contribution in [3.8, 4) is 5.88 Å². The Hall–Kier alpha value is -3.61. The molecule has 7 nitrogen and oxygen atoms in total. The van der Waals surface area contributed by atoms with E-state index in [1.807, 2.05) is 0 Å². The maximum Gasteiger partial charge on any atom is 0.326 e. The molecular weight excluding hydrogens is 346 g/mol. The fourth-order valence-corrected chi connectivity index (χ4v) is 2.95. The summed E-state index contributed by atoms with van der Waals surface area (Å²) in [5.41, 5.74) is 6.30. The Balaban J connectivity index is 2.19. The number of rotatable bonds is 4. The summed E-state index contributed by atoms with van der Waals surface area (Å²) < 4.78 is 0.826. The van der Waals surface area contributed by atoms with Crippen LogP contribution < -0.4 is 11.1 Å². The van der Waals surface area contributed by atoms with Gasteiger partial charge in [-0.25, -0.2) is 9.36 Å². The number of amides is 2. The zero-order valence-corrected chi connectivity index (χ0v) is 14.9. The lowest BCUT2D eigenvalue weighted by molar-refractivity contribution is 0.0941. The number of carbonyl (C=O) groups excluding carboxylic acids is 3. The van der Waals surface area contributed by atoms with E-state index in [4.69, 9.17) is 5.73 Å². The predicted molar refractivity (Wildman–Crippen MR) is 101 cm³/mol. The van der Waals surface area contributed by atoms with Crippen molar-refractivity contribution >= 4 is 28.6 Å². The van der Waals surface area contributed by atoms with E-state index >= 15 is 0 Å². The zero-order valence-electron chi connectivity index (χ0n) is 14.9. The van der Waals surface area contributed by atoms with Gasteiger partial charge in [-0.1, -0.05) is 42.5 Å². The molecule has 138 valence electrons. The summed E-state index contributed by atoms with van der Waals surface area (Å²) in [5, 5.41) is 13.4. The van der Waals surface area contributed by atoms with E-state index in [0.29, 0.717) is 16.5 Å². The van der Waals surface area contributed by atoms with Crippen LogP contribution in [0, 0.1) is 0 Å². The first kappa shape index (κ1) is 18.2. The normalized spacial score (nSPS) is 10.9. The third-order valence-corrected chi connectivity index (χ3v) is 4.11. The summed E-state index contributed by atoms with van der Waals surface area (Å²) in [5.74, 6) is -1.34. The van der Waals surface area contributed by atoms with E-state index < -0.39 is 17.8 Å². The molecule has 0 aliphatic rings. The molecule has 2 aromatic carbocycles. The molecule has 4 N–H and O–H groups in total. The standard InChI is InChI=1S/C20H19N3O4/c1-11(2)22-18(25)16-14-9-8-13(17(24)12-6-4-3-5-7-12)10-15(14)23(19(16)26)20(21)27/h3-11,26H,1-2H3,(H2,21,27)(H,22,25). The number of fused-ring (bicyclic) bond motifs is 1. The third kappa shape index (κ3) is 3.27. The fraction of sp³-hybridized carbons (Fsp3) is 0.150. The summed E-state index contributed by atoms with van der Waals surface area (Å²) in [6, 6.07) is 12.1. The third-order valence-electron chi connectivity index (χ3n) is 4.11. The van der Waals surface area contributed by atoms with Gasteiger partial charge in [0.15, 0.2) is 5.78 Å². The molecule has 0 saturated carbocycles. The SMILES string of the molecule is CC(C)NC(=O)c1c(O)n(C(N)=O)c2cc(C(=O)c3ccccc3)ccc12. The lowest BCUT2D eigenvalue weighted by Gasteiger charge is -2.08. The van der Waals surface area contributed by atoms with E-state index in [-0.39, 0.29) is 22.9 Å². The highest BCUT2D eigenvalue weighted by Gasteiger charge is 2.26. The second-order valence-corrected chi connectivity index (χ2v) is 6.43. The highest BCUT2D eigenvalue weighted by Crippen LogP contribution is 2.32. The van der Waals surface area contributed by atoms with Crippen molar-refractivity contribution in [2.24, 2.45) is 5.73 Å². The van der Waals surface area contributed by atoms with Crippen LogP contribution in [0.3, 0.4) is 0 Å². The van der Waals surface area contributed by atoms with Crippen molar-refractivity contribution in [1.29, 1.82) is 0 Å². The first-order valence-electron chi connectivity index (χ1n) is 8.39. The number of hydrogen-bond acceptors (Lipinski definition) is 4. The summed E-state index contributed by atoms with van der Waals surface area (Å²) in [7, 11) is 0. The summed E-state index contributed by atoms with van der Waals surface area (Å²) >= 11 is 0. The van der Waals surface area contributed by atoms with Crippen molar-refractivity contribution < 1.29 is 19.5 Å². The fourth-order valence-electron chi connectivity index (χ4n) is 2.95. The molecule has 27 heavy (non-hydrogen) atoms. The Kier molecular flexibility index (Phi) is 4.68. The molecule has 0 spiro atoms. The second kappa shape index (κ2) is 6.95. The number of nitrogens with two attached hydrogens (primary N) is 1. The van der Waals surface area contributed by atoms with E-state index in [1.165, 1.54) is 12.1 Å². The molecule has 3 rings (SSSR count). The average molecular weight is 365 g/mol. The molecule has 1 heterocycles. The first-order valence-corrected chi connectivity index (χ1v) is 8.39. The summed E-state index contributed by atoms with van der Waals surface area (Å²) in [4.78, 5) is 37.0. The number of aromatic nitrogens is 1. The maximum atomic E-state index is 12.7. The minimum atomic E-state index is -0.953. The minimum absolute atomic E-state index is 0.0591. The molecule has 0 radical (unpaired) electrons. The van der Waals surface area contributed by atoms with Gasteiger partial charge in [0.25, 0.3) is 5.91 Å². The van der Waals surface area contributed by atoms with Gasteiger partial charge in [-0.15, -0.1) is 0 Å². The van der Waals surface area contributed by atoms with E-state index in [1.54, 1.807) is 50.2 Å². The predicted octanol–water partition coefficient (Wildman–Crippen LogP) is 2.64.